The van der Waals surface area contributed by atoms with Gasteiger partial charge in [-0.05, 0) is 31.4 Å². The Kier molecular flexibility index (Phi) is 3.75. The van der Waals surface area contributed by atoms with Crippen LogP contribution in [0.25, 0.3) is 5.65 Å². The fraction of sp³-hybridized carbons (Fsp3) is 0.333. The Labute approximate surface area is 149 Å². The first-order chi connectivity index (χ1) is 12.5. The molecule has 4 heterocycles. The Bertz CT molecular complexity index is 968. The van der Waals surface area contributed by atoms with Gasteiger partial charge in [-0.15, -0.1) is 0 Å². The second-order valence-corrected chi connectivity index (χ2v) is 6.70. The molecule has 0 radical (unpaired) electrons. The summed E-state index contributed by atoms with van der Waals surface area (Å²) in [7, 11) is 0. The van der Waals surface area contributed by atoms with Crippen LogP contribution in [0.2, 0.25) is 0 Å². The third-order valence-electron chi connectivity index (χ3n) is 5.09. The molecule has 0 aliphatic carbocycles. The average Bonchev–Trinajstić information content (AvgIpc) is 3.30. The van der Waals surface area contributed by atoms with Gasteiger partial charge in [0.1, 0.15) is 16.9 Å². The number of nitrogens with zero attached hydrogens (tertiary/aromatic N) is 5. The van der Waals surface area contributed by atoms with Gasteiger partial charge in [0.25, 0.3) is 5.91 Å². The van der Waals surface area contributed by atoms with E-state index in [0.717, 1.165) is 5.56 Å². The Morgan fingerprint density at radius 2 is 1.96 bits per heavy atom. The molecule has 8 heteroatoms. The van der Waals surface area contributed by atoms with Crippen molar-refractivity contribution in [3.05, 3.63) is 54.5 Å². The number of aliphatic carboxylic acids is 1. The number of aryl methyl sites for hydroxylation is 1. The van der Waals surface area contributed by atoms with E-state index >= 15 is 0 Å². The number of carbonyl (C=O) groups excluding carboxylic acids is 1. The second kappa shape index (κ2) is 5.98. The number of hydrogen-bond acceptors (Lipinski definition) is 4. The van der Waals surface area contributed by atoms with Crippen LogP contribution in [0.3, 0.4) is 0 Å². The van der Waals surface area contributed by atoms with Crippen LogP contribution in [0, 0.1) is 6.92 Å². The van der Waals surface area contributed by atoms with E-state index in [0.29, 0.717) is 37.3 Å². The minimum atomic E-state index is -1.05. The Balaban J connectivity index is 1.55. The molecule has 0 atom stereocenters. The Morgan fingerprint density at radius 3 is 2.62 bits per heavy atom. The smallest absolute Gasteiger partial charge is 0.330 e. The number of imidazole rings is 2. The number of piperidine rings is 1. The van der Waals surface area contributed by atoms with E-state index in [4.69, 9.17) is 0 Å². The molecule has 4 rings (SSSR count). The third kappa shape index (κ3) is 2.54. The zero-order valence-corrected chi connectivity index (χ0v) is 14.4. The van der Waals surface area contributed by atoms with Crippen LogP contribution >= 0.6 is 0 Å². The van der Waals surface area contributed by atoms with Gasteiger partial charge in [0.05, 0.1) is 6.33 Å². The Hall–Kier alpha value is -3.16. The lowest BCUT2D eigenvalue weighted by Crippen LogP contribution is -2.52. The predicted molar refractivity (Wildman–Crippen MR) is 92.9 cm³/mol. The average molecular weight is 353 g/mol. The van der Waals surface area contributed by atoms with Gasteiger partial charge in [-0.2, -0.15) is 0 Å². The highest BCUT2D eigenvalue weighted by molar-refractivity contribution is 5.93. The third-order valence-corrected chi connectivity index (χ3v) is 5.09. The number of carbonyl (C=O) groups is 2. The number of pyridine rings is 1. The van der Waals surface area contributed by atoms with Crippen molar-refractivity contribution < 1.29 is 14.7 Å². The number of likely N-dealkylation sites (tertiary alicyclic amines) is 1. The number of aromatic nitrogens is 4. The summed E-state index contributed by atoms with van der Waals surface area (Å²) >= 11 is 0. The summed E-state index contributed by atoms with van der Waals surface area (Å²) in [5.74, 6) is -1.07. The number of fused-ring (bicyclic) bond motifs is 1. The van der Waals surface area contributed by atoms with E-state index in [2.05, 4.69) is 9.97 Å². The van der Waals surface area contributed by atoms with E-state index in [1.165, 1.54) is 6.33 Å². The van der Waals surface area contributed by atoms with E-state index in [9.17, 15) is 14.7 Å². The molecule has 8 nitrogen and oxygen atoms in total. The summed E-state index contributed by atoms with van der Waals surface area (Å²) in [6.45, 7) is 2.69. The first-order valence-electron chi connectivity index (χ1n) is 8.46. The van der Waals surface area contributed by atoms with Crippen LogP contribution in [0.4, 0.5) is 0 Å². The van der Waals surface area contributed by atoms with Crippen LogP contribution < -0.4 is 0 Å². The highest BCUT2D eigenvalue weighted by atomic mass is 16.4. The molecule has 134 valence electrons. The van der Waals surface area contributed by atoms with Gasteiger partial charge in [0.15, 0.2) is 0 Å². The van der Waals surface area contributed by atoms with Crippen LogP contribution in [0.15, 0.2) is 43.2 Å². The van der Waals surface area contributed by atoms with Gasteiger partial charge >= 0.3 is 5.97 Å². The molecular formula is C18H19N5O3. The van der Waals surface area contributed by atoms with Gasteiger partial charge in [-0.25, -0.2) is 14.8 Å². The lowest BCUT2D eigenvalue weighted by molar-refractivity contribution is -0.150. The first kappa shape index (κ1) is 16.3. The van der Waals surface area contributed by atoms with Gasteiger partial charge in [-0.1, -0.05) is 6.07 Å². The molecule has 0 aromatic carbocycles. The van der Waals surface area contributed by atoms with Crippen molar-refractivity contribution in [1.82, 2.24) is 23.8 Å². The van der Waals surface area contributed by atoms with E-state index < -0.39 is 11.5 Å². The number of carboxylic acid groups (broad SMARTS) is 1. The molecule has 1 aliphatic heterocycles. The number of amides is 1. The second-order valence-electron chi connectivity index (χ2n) is 6.70. The molecule has 26 heavy (non-hydrogen) atoms. The summed E-state index contributed by atoms with van der Waals surface area (Å²) in [6, 6.07) is 3.82. The molecule has 1 amide bonds. The highest BCUT2D eigenvalue weighted by Gasteiger charge is 2.44. The quantitative estimate of drug-likeness (QED) is 0.771. The van der Waals surface area contributed by atoms with E-state index in [1.807, 2.05) is 29.7 Å². The van der Waals surface area contributed by atoms with Crippen molar-refractivity contribution in [2.75, 3.05) is 13.1 Å². The minimum Gasteiger partial charge on any atom is -0.479 e. The summed E-state index contributed by atoms with van der Waals surface area (Å²) in [4.78, 5) is 34.7. The fourth-order valence-corrected chi connectivity index (χ4v) is 3.54. The maximum absolute atomic E-state index is 12.8. The van der Waals surface area contributed by atoms with Crippen LogP contribution in [-0.4, -0.2) is 53.9 Å². The van der Waals surface area contributed by atoms with Crippen molar-refractivity contribution in [2.24, 2.45) is 0 Å². The van der Waals surface area contributed by atoms with Gasteiger partial charge < -0.3 is 19.0 Å². The standard InChI is InChI=1S/C18H19N5O3/c1-13-2-3-15-20-14(11-22(15)10-13)16(24)21-7-4-18(5-8-21,17(25)26)23-9-6-19-12-23/h2-3,6,9-12H,4-5,7-8H2,1H3,(H,25,26). The van der Waals surface area contributed by atoms with E-state index in [1.54, 1.807) is 28.1 Å². The number of rotatable bonds is 3. The Morgan fingerprint density at radius 1 is 1.19 bits per heavy atom. The topological polar surface area (TPSA) is 92.7 Å². The molecule has 0 unspecified atom stereocenters. The molecular weight excluding hydrogens is 334 g/mol. The van der Waals surface area contributed by atoms with Crippen molar-refractivity contribution in [2.45, 2.75) is 25.3 Å². The molecule has 0 spiro atoms. The van der Waals surface area contributed by atoms with Gasteiger partial charge in [-0.3, -0.25) is 4.79 Å². The zero-order valence-electron chi connectivity index (χ0n) is 14.4. The molecule has 0 saturated carbocycles. The maximum Gasteiger partial charge on any atom is 0.330 e. The zero-order chi connectivity index (χ0) is 18.3. The van der Waals surface area contributed by atoms with Crippen LogP contribution in [0.5, 0.6) is 0 Å². The summed E-state index contributed by atoms with van der Waals surface area (Å²) in [6.07, 6.45) is 9.06. The molecule has 1 aliphatic rings. The van der Waals surface area contributed by atoms with Crippen LogP contribution in [-0.2, 0) is 10.3 Å². The van der Waals surface area contributed by atoms with Gasteiger partial charge in [0.2, 0.25) is 0 Å². The van der Waals surface area contributed by atoms with Crippen molar-refractivity contribution in [1.29, 1.82) is 0 Å². The molecule has 1 N–H and O–H groups in total. The van der Waals surface area contributed by atoms with Crippen LogP contribution in [0.1, 0.15) is 28.9 Å². The van der Waals surface area contributed by atoms with E-state index in [-0.39, 0.29) is 5.91 Å². The lowest BCUT2D eigenvalue weighted by atomic mass is 9.87. The summed E-state index contributed by atoms with van der Waals surface area (Å²) in [5, 5.41) is 9.76. The number of hydrogen-bond donors (Lipinski definition) is 1. The lowest BCUT2D eigenvalue weighted by Gasteiger charge is -2.39. The van der Waals surface area contributed by atoms with Crippen molar-refractivity contribution in [3.8, 4) is 0 Å². The highest BCUT2D eigenvalue weighted by Crippen LogP contribution is 2.31. The summed E-state index contributed by atoms with van der Waals surface area (Å²) in [5.41, 5.74) is 1.12. The maximum atomic E-state index is 12.8. The predicted octanol–water partition coefficient (Wildman–Crippen LogP) is 1.56. The molecule has 1 fully saturated rings. The first-order valence-corrected chi connectivity index (χ1v) is 8.46. The largest absolute Gasteiger partial charge is 0.479 e. The van der Waals surface area contributed by atoms with Crippen molar-refractivity contribution >= 4 is 17.5 Å². The normalized spacial score (nSPS) is 16.7. The summed E-state index contributed by atoms with van der Waals surface area (Å²) < 4.78 is 3.46. The SMILES string of the molecule is Cc1ccc2nc(C(=O)N3CCC(C(=O)O)(n4ccnc4)CC3)cn2c1. The molecule has 3 aromatic heterocycles. The monoisotopic (exact) mass is 353 g/mol. The molecule has 0 bridgehead atoms. The minimum absolute atomic E-state index is 0.170. The fourth-order valence-electron chi connectivity index (χ4n) is 3.54. The van der Waals surface area contributed by atoms with Crippen molar-refractivity contribution in [3.63, 3.8) is 0 Å². The molecule has 3 aromatic rings. The van der Waals surface area contributed by atoms with Gasteiger partial charge in [0, 0.05) is 37.9 Å². The number of carboxylic acids is 1. The molecule has 1 saturated heterocycles.